The number of aromatic nitrogens is 1. The van der Waals surface area contributed by atoms with Crippen LogP contribution in [0.15, 0.2) is 54.6 Å². The van der Waals surface area contributed by atoms with Gasteiger partial charge in [-0.1, -0.05) is 48.5 Å². The molecule has 2 aliphatic rings. The zero-order valence-electron chi connectivity index (χ0n) is 17.1. The number of methoxy groups -OCH3 is 1. The van der Waals surface area contributed by atoms with Crippen LogP contribution in [-0.2, 0) is 25.9 Å². The van der Waals surface area contributed by atoms with Crippen molar-refractivity contribution in [2.75, 3.05) is 13.7 Å². The zero-order chi connectivity index (χ0) is 20.2. The van der Waals surface area contributed by atoms with E-state index in [9.17, 15) is 4.79 Å². The fourth-order valence-corrected chi connectivity index (χ4v) is 5.39. The van der Waals surface area contributed by atoms with Gasteiger partial charge in [0, 0.05) is 36.8 Å². The molecule has 3 aromatic carbocycles. The summed E-state index contributed by atoms with van der Waals surface area (Å²) in [5.74, 6) is 0.952. The Balaban J connectivity index is 1.54. The Morgan fingerprint density at radius 3 is 2.63 bits per heavy atom. The quantitative estimate of drug-likeness (QED) is 0.492. The molecule has 30 heavy (non-hydrogen) atoms. The van der Waals surface area contributed by atoms with Gasteiger partial charge in [0.25, 0.3) is 0 Å². The van der Waals surface area contributed by atoms with Gasteiger partial charge in [-0.15, -0.1) is 0 Å². The molecular weight excluding hydrogens is 372 g/mol. The summed E-state index contributed by atoms with van der Waals surface area (Å²) in [6.45, 7) is 2.96. The Morgan fingerprint density at radius 2 is 1.80 bits per heavy atom. The van der Waals surface area contributed by atoms with Crippen LogP contribution in [0.2, 0.25) is 0 Å². The fraction of sp³-hybridized carbons (Fsp3) is 0.269. The zero-order valence-corrected chi connectivity index (χ0v) is 17.1. The maximum atomic E-state index is 12.9. The van der Waals surface area contributed by atoms with Crippen LogP contribution < -0.4 is 4.74 Å². The molecule has 0 aliphatic carbocycles. The highest BCUT2D eigenvalue weighted by Gasteiger charge is 2.29. The van der Waals surface area contributed by atoms with E-state index in [4.69, 9.17) is 4.74 Å². The van der Waals surface area contributed by atoms with E-state index in [-0.39, 0.29) is 5.91 Å². The second-order valence-corrected chi connectivity index (χ2v) is 8.43. The summed E-state index contributed by atoms with van der Waals surface area (Å²) in [6.07, 6.45) is 2.37. The SMILES string of the molecule is COc1cccc2c3c4c(cc5c3n(c12)C(=O)CC5)CN(Cc1ccccc1)CC4. The highest BCUT2D eigenvalue weighted by molar-refractivity contribution is 6.18. The van der Waals surface area contributed by atoms with Crippen LogP contribution in [0.4, 0.5) is 0 Å². The molecule has 4 heteroatoms. The van der Waals surface area contributed by atoms with Gasteiger partial charge in [0.05, 0.1) is 18.1 Å². The van der Waals surface area contributed by atoms with E-state index in [1.165, 1.54) is 27.6 Å². The molecule has 0 saturated carbocycles. The van der Waals surface area contributed by atoms with Crippen molar-refractivity contribution in [3.8, 4) is 5.75 Å². The lowest BCUT2D eigenvalue weighted by atomic mass is 9.90. The minimum atomic E-state index is 0.175. The molecule has 1 aromatic heterocycles. The first kappa shape index (κ1) is 17.7. The van der Waals surface area contributed by atoms with Crippen molar-refractivity contribution < 1.29 is 9.53 Å². The predicted octanol–water partition coefficient (Wildman–Crippen LogP) is 4.95. The van der Waals surface area contributed by atoms with Crippen molar-refractivity contribution in [1.82, 2.24) is 9.47 Å². The lowest BCUT2D eigenvalue weighted by molar-refractivity contribution is 0.0907. The summed E-state index contributed by atoms with van der Waals surface area (Å²) in [6, 6.07) is 19.2. The van der Waals surface area contributed by atoms with Crippen LogP contribution in [0.3, 0.4) is 0 Å². The third-order valence-corrected chi connectivity index (χ3v) is 6.69. The topological polar surface area (TPSA) is 34.5 Å². The standard InChI is InChI=1S/C26H24N2O2/c1-30-22-9-5-8-21-24-20-12-13-27(15-17-6-3-2-4-7-17)16-19(20)14-18-10-11-23(29)28(25(18)24)26(21)22/h2-9,14H,10-13,15-16H2,1H3. The number of hydrogen-bond acceptors (Lipinski definition) is 3. The van der Waals surface area contributed by atoms with E-state index in [2.05, 4.69) is 47.4 Å². The van der Waals surface area contributed by atoms with Crippen LogP contribution >= 0.6 is 0 Å². The van der Waals surface area contributed by atoms with Crippen molar-refractivity contribution >= 4 is 27.7 Å². The molecule has 2 aliphatic heterocycles. The summed E-state index contributed by atoms with van der Waals surface area (Å²) < 4.78 is 7.59. The number of para-hydroxylation sites is 1. The van der Waals surface area contributed by atoms with Crippen LogP contribution in [0.25, 0.3) is 21.8 Å². The Morgan fingerprint density at radius 1 is 0.933 bits per heavy atom. The van der Waals surface area contributed by atoms with Crippen molar-refractivity contribution in [2.24, 2.45) is 0 Å². The van der Waals surface area contributed by atoms with E-state index in [1.54, 1.807) is 7.11 Å². The molecule has 150 valence electrons. The molecule has 3 heterocycles. The number of carbonyl (C=O) groups is 1. The van der Waals surface area contributed by atoms with Crippen LogP contribution in [0.5, 0.6) is 5.75 Å². The van der Waals surface area contributed by atoms with Crippen molar-refractivity contribution in [3.63, 3.8) is 0 Å². The molecule has 0 N–H and O–H groups in total. The molecule has 4 nitrogen and oxygen atoms in total. The smallest absolute Gasteiger partial charge is 0.232 e. The third-order valence-electron chi connectivity index (χ3n) is 6.69. The van der Waals surface area contributed by atoms with Crippen molar-refractivity contribution in [3.05, 3.63) is 76.9 Å². The molecule has 0 fully saturated rings. The van der Waals surface area contributed by atoms with Gasteiger partial charge in [-0.05, 0) is 41.2 Å². The summed E-state index contributed by atoms with van der Waals surface area (Å²) in [7, 11) is 1.69. The highest BCUT2D eigenvalue weighted by Crippen LogP contribution is 2.42. The Kier molecular flexibility index (Phi) is 3.96. The van der Waals surface area contributed by atoms with Gasteiger partial charge in [0.1, 0.15) is 5.75 Å². The molecule has 0 radical (unpaired) electrons. The number of rotatable bonds is 3. The molecule has 0 saturated heterocycles. The van der Waals surface area contributed by atoms with E-state index in [0.29, 0.717) is 6.42 Å². The first-order valence-electron chi connectivity index (χ1n) is 10.7. The molecule has 0 spiro atoms. The average molecular weight is 396 g/mol. The number of fused-ring (bicyclic) bond motifs is 5. The molecule has 0 amide bonds. The lowest BCUT2D eigenvalue weighted by Gasteiger charge is -2.30. The van der Waals surface area contributed by atoms with E-state index in [1.807, 2.05) is 16.7 Å². The van der Waals surface area contributed by atoms with E-state index in [0.717, 1.165) is 54.6 Å². The van der Waals surface area contributed by atoms with E-state index >= 15 is 0 Å². The summed E-state index contributed by atoms with van der Waals surface area (Å²) in [4.78, 5) is 15.5. The Bertz CT molecular complexity index is 1300. The molecule has 0 unspecified atom stereocenters. The summed E-state index contributed by atoms with van der Waals surface area (Å²) >= 11 is 0. The van der Waals surface area contributed by atoms with Gasteiger partial charge in [-0.2, -0.15) is 0 Å². The second kappa shape index (κ2) is 6.71. The Labute approximate surface area is 175 Å². The third kappa shape index (κ3) is 2.53. The first-order chi connectivity index (χ1) is 14.7. The normalized spacial score (nSPS) is 16.2. The average Bonchev–Trinajstić information content (AvgIpc) is 3.14. The number of aryl methyl sites for hydroxylation is 1. The summed E-state index contributed by atoms with van der Waals surface area (Å²) in [5, 5.41) is 2.41. The highest BCUT2D eigenvalue weighted by atomic mass is 16.5. The minimum Gasteiger partial charge on any atom is -0.495 e. The van der Waals surface area contributed by atoms with Crippen molar-refractivity contribution in [2.45, 2.75) is 32.4 Å². The fourth-order valence-electron chi connectivity index (χ4n) is 5.39. The van der Waals surface area contributed by atoms with Crippen LogP contribution in [0.1, 0.15) is 33.5 Å². The van der Waals surface area contributed by atoms with Gasteiger partial charge in [0.15, 0.2) is 0 Å². The van der Waals surface area contributed by atoms with Crippen LogP contribution in [-0.4, -0.2) is 29.0 Å². The van der Waals surface area contributed by atoms with Gasteiger partial charge in [-0.25, -0.2) is 0 Å². The Hall–Kier alpha value is -3.11. The van der Waals surface area contributed by atoms with E-state index < -0.39 is 0 Å². The van der Waals surface area contributed by atoms with Gasteiger partial charge >= 0.3 is 0 Å². The van der Waals surface area contributed by atoms with Gasteiger partial charge in [-0.3, -0.25) is 14.3 Å². The number of ether oxygens (including phenoxy) is 1. The number of nitrogens with zero attached hydrogens (tertiary/aromatic N) is 2. The van der Waals surface area contributed by atoms with Gasteiger partial charge in [0.2, 0.25) is 5.91 Å². The van der Waals surface area contributed by atoms with Crippen molar-refractivity contribution in [1.29, 1.82) is 0 Å². The minimum absolute atomic E-state index is 0.175. The molecule has 0 atom stereocenters. The predicted molar refractivity (Wildman–Crippen MR) is 119 cm³/mol. The molecule has 4 aromatic rings. The number of benzene rings is 3. The van der Waals surface area contributed by atoms with Gasteiger partial charge < -0.3 is 4.74 Å². The lowest BCUT2D eigenvalue weighted by Crippen LogP contribution is -2.30. The first-order valence-corrected chi connectivity index (χ1v) is 10.7. The van der Waals surface area contributed by atoms with Crippen LogP contribution in [0, 0.1) is 0 Å². The molecule has 6 rings (SSSR count). The second-order valence-electron chi connectivity index (χ2n) is 8.43. The number of hydrogen-bond donors (Lipinski definition) is 0. The maximum Gasteiger partial charge on any atom is 0.232 e. The monoisotopic (exact) mass is 396 g/mol. The molecular formula is C26H24N2O2. The number of carbonyl (C=O) groups excluding carboxylic acids is 1. The maximum absolute atomic E-state index is 12.9. The summed E-state index contributed by atoms with van der Waals surface area (Å²) in [5.41, 5.74) is 7.52. The largest absolute Gasteiger partial charge is 0.495 e. The molecule has 0 bridgehead atoms.